The summed E-state index contributed by atoms with van der Waals surface area (Å²) in [4.78, 5) is 2.34. The molecule has 1 N–H and O–H groups in total. The smallest absolute Gasteiger partial charge is 0.0593 e. The largest absolute Gasteiger partial charge is 0.314 e. The van der Waals surface area contributed by atoms with Gasteiger partial charge in [-0.25, -0.2) is 0 Å². The average molecular weight is 190 g/mol. The molecular formula is C12H18N2. The Morgan fingerprint density at radius 2 is 1.93 bits per heavy atom. The second-order valence-electron chi connectivity index (χ2n) is 4.22. The summed E-state index contributed by atoms with van der Waals surface area (Å²) in [5, 5.41) is 3.45. The van der Waals surface area contributed by atoms with Crippen LogP contribution in [0.1, 0.15) is 12.0 Å². The van der Waals surface area contributed by atoms with E-state index in [0.29, 0.717) is 0 Å². The van der Waals surface area contributed by atoms with Gasteiger partial charge in [-0.05, 0) is 32.6 Å². The fourth-order valence-corrected chi connectivity index (χ4v) is 2.31. The monoisotopic (exact) mass is 190 g/mol. The van der Waals surface area contributed by atoms with Crippen LogP contribution in [-0.2, 0) is 5.54 Å². The fourth-order valence-electron chi connectivity index (χ4n) is 2.31. The van der Waals surface area contributed by atoms with Gasteiger partial charge in [0, 0.05) is 6.54 Å². The van der Waals surface area contributed by atoms with Crippen LogP contribution in [0, 0.1) is 0 Å². The van der Waals surface area contributed by atoms with Crippen molar-refractivity contribution in [1.29, 1.82) is 0 Å². The van der Waals surface area contributed by atoms with Gasteiger partial charge in [0.25, 0.3) is 0 Å². The maximum Gasteiger partial charge on any atom is 0.0593 e. The van der Waals surface area contributed by atoms with Crippen LogP contribution in [0.25, 0.3) is 0 Å². The Morgan fingerprint density at radius 1 is 1.21 bits per heavy atom. The van der Waals surface area contributed by atoms with Crippen LogP contribution >= 0.6 is 0 Å². The van der Waals surface area contributed by atoms with Crippen molar-refractivity contribution in [2.75, 3.05) is 27.2 Å². The molecule has 0 aliphatic carbocycles. The lowest BCUT2D eigenvalue weighted by molar-refractivity contribution is 0.174. The predicted octanol–water partition coefficient (Wildman–Crippen LogP) is 1.44. The first-order chi connectivity index (χ1) is 6.76. The number of hydrogen-bond acceptors (Lipinski definition) is 2. The Hall–Kier alpha value is -0.860. The minimum atomic E-state index is 0.210. The molecule has 1 saturated heterocycles. The molecule has 76 valence electrons. The summed E-state index contributed by atoms with van der Waals surface area (Å²) in [6, 6.07) is 10.8. The minimum absolute atomic E-state index is 0.210. The van der Waals surface area contributed by atoms with Gasteiger partial charge < -0.3 is 5.32 Å². The van der Waals surface area contributed by atoms with E-state index in [1.807, 2.05) is 0 Å². The zero-order chi connectivity index (χ0) is 10.0. The van der Waals surface area contributed by atoms with Gasteiger partial charge in [0.15, 0.2) is 0 Å². The Kier molecular flexibility index (Phi) is 2.57. The van der Waals surface area contributed by atoms with Crippen molar-refractivity contribution in [3.63, 3.8) is 0 Å². The molecule has 2 rings (SSSR count). The second kappa shape index (κ2) is 3.71. The highest BCUT2D eigenvalue weighted by atomic mass is 15.2. The summed E-state index contributed by atoms with van der Waals surface area (Å²) in [6.45, 7) is 2.18. The predicted molar refractivity (Wildman–Crippen MR) is 59.3 cm³/mol. The van der Waals surface area contributed by atoms with Crippen molar-refractivity contribution in [1.82, 2.24) is 10.2 Å². The molecule has 1 aliphatic rings. The zero-order valence-electron chi connectivity index (χ0n) is 8.96. The van der Waals surface area contributed by atoms with Crippen molar-refractivity contribution >= 4 is 0 Å². The van der Waals surface area contributed by atoms with Gasteiger partial charge in [0.05, 0.1) is 5.54 Å². The van der Waals surface area contributed by atoms with Crippen LogP contribution in [0.2, 0.25) is 0 Å². The van der Waals surface area contributed by atoms with E-state index in [1.54, 1.807) is 0 Å². The standard InChI is InChI=1S/C12H18N2/c1-14(2)12(8-9-13-10-12)11-6-4-3-5-7-11/h3-7,13H,8-10H2,1-2H3. The number of nitrogens with zero attached hydrogens (tertiary/aromatic N) is 1. The van der Waals surface area contributed by atoms with Crippen LogP contribution in [0.15, 0.2) is 30.3 Å². The van der Waals surface area contributed by atoms with Gasteiger partial charge in [-0.1, -0.05) is 30.3 Å². The zero-order valence-corrected chi connectivity index (χ0v) is 8.96. The first-order valence-corrected chi connectivity index (χ1v) is 5.19. The van der Waals surface area contributed by atoms with Crippen molar-refractivity contribution in [3.8, 4) is 0 Å². The summed E-state index contributed by atoms with van der Waals surface area (Å²) in [5.74, 6) is 0. The quantitative estimate of drug-likeness (QED) is 0.759. The molecule has 1 aromatic carbocycles. The third kappa shape index (κ3) is 1.45. The first-order valence-electron chi connectivity index (χ1n) is 5.19. The first kappa shape index (κ1) is 9.69. The van der Waals surface area contributed by atoms with Gasteiger partial charge in [-0.15, -0.1) is 0 Å². The molecule has 2 heteroatoms. The molecule has 0 spiro atoms. The number of likely N-dealkylation sites (N-methyl/N-ethyl adjacent to an activating group) is 1. The van der Waals surface area contributed by atoms with Crippen LogP contribution in [0.3, 0.4) is 0 Å². The van der Waals surface area contributed by atoms with Crippen molar-refractivity contribution in [2.45, 2.75) is 12.0 Å². The van der Waals surface area contributed by atoms with Gasteiger partial charge in [-0.2, -0.15) is 0 Å². The summed E-state index contributed by atoms with van der Waals surface area (Å²) < 4.78 is 0. The van der Waals surface area contributed by atoms with E-state index >= 15 is 0 Å². The van der Waals surface area contributed by atoms with E-state index in [0.717, 1.165) is 13.1 Å². The van der Waals surface area contributed by atoms with E-state index in [1.165, 1.54) is 12.0 Å². The van der Waals surface area contributed by atoms with E-state index < -0.39 is 0 Å². The van der Waals surface area contributed by atoms with E-state index in [9.17, 15) is 0 Å². The third-order valence-corrected chi connectivity index (χ3v) is 3.30. The van der Waals surface area contributed by atoms with Crippen molar-refractivity contribution < 1.29 is 0 Å². The molecule has 14 heavy (non-hydrogen) atoms. The molecule has 0 radical (unpaired) electrons. The van der Waals surface area contributed by atoms with Crippen LogP contribution in [-0.4, -0.2) is 32.1 Å². The second-order valence-corrected chi connectivity index (χ2v) is 4.22. The molecule has 0 amide bonds. The van der Waals surface area contributed by atoms with Gasteiger partial charge in [0.2, 0.25) is 0 Å². The highest BCUT2D eigenvalue weighted by Crippen LogP contribution is 2.32. The van der Waals surface area contributed by atoms with Crippen LogP contribution in [0.4, 0.5) is 0 Å². The van der Waals surface area contributed by atoms with Crippen molar-refractivity contribution in [2.24, 2.45) is 0 Å². The van der Waals surface area contributed by atoms with Gasteiger partial charge >= 0.3 is 0 Å². The van der Waals surface area contributed by atoms with E-state index in [2.05, 4.69) is 54.6 Å². The van der Waals surface area contributed by atoms with Crippen LogP contribution < -0.4 is 5.32 Å². The molecule has 1 heterocycles. The summed E-state index contributed by atoms with van der Waals surface area (Å²) in [7, 11) is 4.33. The molecule has 1 aliphatic heterocycles. The third-order valence-electron chi connectivity index (χ3n) is 3.30. The maximum atomic E-state index is 3.45. The number of benzene rings is 1. The lowest BCUT2D eigenvalue weighted by Crippen LogP contribution is -2.43. The van der Waals surface area contributed by atoms with Gasteiger partial charge in [-0.3, -0.25) is 4.90 Å². The molecule has 1 aromatic rings. The maximum absolute atomic E-state index is 3.45. The van der Waals surface area contributed by atoms with Gasteiger partial charge in [0.1, 0.15) is 0 Å². The molecule has 1 fully saturated rings. The summed E-state index contributed by atoms with van der Waals surface area (Å²) >= 11 is 0. The van der Waals surface area contributed by atoms with Crippen molar-refractivity contribution in [3.05, 3.63) is 35.9 Å². The highest BCUT2D eigenvalue weighted by Gasteiger charge is 2.37. The average Bonchev–Trinajstić information content (AvgIpc) is 2.69. The SMILES string of the molecule is CN(C)C1(c2ccccc2)CCNC1. The minimum Gasteiger partial charge on any atom is -0.314 e. The molecule has 0 saturated carbocycles. The molecule has 0 aromatic heterocycles. The lowest BCUT2D eigenvalue weighted by atomic mass is 9.88. The number of hydrogen-bond donors (Lipinski definition) is 1. The number of nitrogens with one attached hydrogen (secondary N) is 1. The molecule has 1 unspecified atom stereocenters. The molecular weight excluding hydrogens is 172 g/mol. The fraction of sp³-hybridized carbons (Fsp3) is 0.500. The topological polar surface area (TPSA) is 15.3 Å². The molecule has 0 bridgehead atoms. The Bertz CT molecular complexity index is 286. The normalized spacial score (nSPS) is 27.1. The Morgan fingerprint density at radius 3 is 2.43 bits per heavy atom. The molecule has 2 nitrogen and oxygen atoms in total. The Balaban J connectivity index is 2.36. The van der Waals surface area contributed by atoms with Crippen LogP contribution in [0.5, 0.6) is 0 Å². The lowest BCUT2D eigenvalue weighted by Gasteiger charge is -2.36. The summed E-state index contributed by atoms with van der Waals surface area (Å²) in [5.41, 5.74) is 1.64. The summed E-state index contributed by atoms with van der Waals surface area (Å²) in [6.07, 6.45) is 1.20. The Labute approximate surface area is 85.9 Å². The highest BCUT2D eigenvalue weighted by molar-refractivity contribution is 5.26. The number of rotatable bonds is 2. The van der Waals surface area contributed by atoms with E-state index in [4.69, 9.17) is 0 Å². The molecule has 1 atom stereocenters. The van der Waals surface area contributed by atoms with E-state index in [-0.39, 0.29) is 5.54 Å².